The van der Waals surface area contributed by atoms with Gasteiger partial charge in [0, 0.05) is 13.1 Å². The first-order chi connectivity index (χ1) is 7.90. The van der Waals surface area contributed by atoms with Crippen LogP contribution >= 0.6 is 0 Å². The fourth-order valence-electron chi connectivity index (χ4n) is 1.56. The molecule has 0 amide bonds. The van der Waals surface area contributed by atoms with E-state index in [4.69, 9.17) is 5.11 Å². The van der Waals surface area contributed by atoms with Gasteiger partial charge in [-0.15, -0.1) is 0 Å². The van der Waals surface area contributed by atoms with Gasteiger partial charge < -0.3 is 10.0 Å². The number of aliphatic carboxylic acids is 1. The Kier molecular flexibility index (Phi) is 4.57. The van der Waals surface area contributed by atoms with Crippen molar-refractivity contribution in [3.8, 4) is 0 Å². The Morgan fingerprint density at radius 1 is 1.41 bits per heavy atom. The maximum Gasteiger partial charge on any atom is 0.307 e. The first-order valence-electron chi connectivity index (χ1n) is 5.25. The molecule has 0 fully saturated rings. The van der Waals surface area contributed by atoms with Crippen LogP contribution in [0.2, 0.25) is 0 Å². The molecule has 0 bridgehead atoms. The van der Waals surface area contributed by atoms with Crippen molar-refractivity contribution in [2.45, 2.75) is 13.5 Å². The van der Waals surface area contributed by atoms with Gasteiger partial charge in [-0.25, -0.2) is 8.78 Å². The molecule has 1 aromatic carbocycles. The topological polar surface area (TPSA) is 40.5 Å². The number of carboxylic acids is 1. The minimum absolute atomic E-state index is 0.355. The lowest BCUT2D eigenvalue weighted by Gasteiger charge is -2.19. The van der Waals surface area contributed by atoms with E-state index >= 15 is 0 Å². The molecule has 0 aliphatic rings. The second-order valence-electron chi connectivity index (χ2n) is 4.18. The highest BCUT2D eigenvalue weighted by Gasteiger charge is 2.14. The van der Waals surface area contributed by atoms with Crippen molar-refractivity contribution < 1.29 is 18.7 Å². The summed E-state index contributed by atoms with van der Waals surface area (Å²) in [6.45, 7) is 2.34. The van der Waals surface area contributed by atoms with Gasteiger partial charge in [-0.3, -0.25) is 4.79 Å². The SMILES string of the molecule is CC(CN(C)Cc1ccc(F)c(F)c1)C(=O)O. The summed E-state index contributed by atoms with van der Waals surface area (Å²) < 4.78 is 25.6. The molecule has 5 heteroatoms. The van der Waals surface area contributed by atoms with E-state index in [1.54, 1.807) is 18.9 Å². The van der Waals surface area contributed by atoms with Crippen molar-refractivity contribution in [1.29, 1.82) is 0 Å². The fraction of sp³-hybridized carbons (Fsp3) is 0.417. The molecule has 0 aromatic heterocycles. The Labute approximate surface area is 98.7 Å². The molecule has 0 saturated heterocycles. The lowest BCUT2D eigenvalue weighted by Crippen LogP contribution is -2.28. The van der Waals surface area contributed by atoms with Crippen molar-refractivity contribution in [2.24, 2.45) is 5.92 Å². The van der Waals surface area contributed by atoms with E-state index in [9.17, 15) is 13.6 Å². The van der Waals surface area contributed by atoms with Gasteiger partial charge in [0.1, 0.15) is 0 Å². The zero-order valence-electron chi connectivity index (χ0n) is 9.78. The van der Waals surface area contributed by atoms with Crippen LogP contribution in [-0.4, -0.2) is 29.6 Å². The number of hydrogen-bond donors (Lipinski definition) is 1. The van der Waals surface area contributed by atoms with Crippen molar-refractivity contribution >= 4 is 5.97 Å². The molecule has 0 aliphatic heterocycles. The zero-order chi connectivity index (χ0) is 13.0. The maximum atomic E-state index is 12.9. The smallest absolute Gasteiger partial charge is 0.307 e. The highest BCUT2D eigenvalue weighted by molar-refractivity contribution is 5.69. The predicted molar refractivity (Wildman–Crippen MR) is 59.5 cm³/mol. The minimum Gasteiger partial charge on any atom is -0.481 e. The van der Waals surface area contributed by atoms with E-state index < -0.39 is 23.5 Å². The third-order valence-corrected chi connectivity index (χ3v) is 2.44. The molecule has 1 atom stereocenters. The number of benzene rings is 1. The Balaban J connectivity index is 2.58. The summed E-state index contributed by atoms with van der Waals surface area (Å²) in [5.74, 6) is -3.13. The van der Waals surface area contributed by atoms with Crippen molar-refractivity contribution in [1.82, 2.24) is 4.90 Å². The molecule has 17 heavy (non-hydrogen) atoms. The second-order valence-corrected chi connectivity index (χ2v) is 4.18. The second kappa shape index (κ2) is 5.72. The maximum absolute atomic E-state index is 12.9. The molecule has 0 spiro atoms. The van der Waals surface area contributed by atoms with Gasteiger partial charge in [-0.05, 0) is 24.7 Å². The summed E-state index contributed by atoms with van der Waals surface area (Å²) in [4.78, 5) is 12.4. The largest absolute Gasteiger partial charge is 0.481 e. The quantitative estimate of drug-likeness (QED) is 0.861. The molecular formula is C12H15F2NO2. The Morgan fingerprint density at radius 2 is 2.06 bits per heavy atom. The van der Waals surface area contributed by atoms with Gasteiger partial charge in [0.15, 0.2) is 11.6 Å². The van der Waals surface area contributed by atoms with Crippen LogP contribution in [0, 0.1) is 17.6 Å². The van der Waals surface area contributed by atoms with Crippen LogP contribution in [0.1, 0.15) is 12.5 Å². The lowest BCUT2D eigenvalue weighted by atomic mass is 10.1. The summed E-state index contributed by atoms with van der Waals surface area (Å²) >= 11 is 0. The van der Waals surface area contributed by atoms with Crippen LogP contribution in [0.4, 0.5) is 8.78 Å². The average molecular weight is 243 g/mol. The van der Waals surface area contributed by atoms with Gasteiger partial charge in [0.2, 0.25) is 0 Å². The van der Waals surface area contributed by atoms with Gasteiger partial charge >= 0.3 is 5.97 Å². The van der Waals surface area contributed by atoms with Crippen LogP contribution in [-0.2, 0) is 11.3 Å². The zero-order valence-corrected chi connectivity index (χ0v) is 9.78. The predicted octanol–water partition coefficient (Wildman–Crippen LogP) is 2.12. The number of halogens is 2. The van der Waals surface area contributed by atoms with Crippen LogP contribution in [0.25, 0.3) is 0 Å². The van der Waals surface area contributed by atoms with E-state index in [1.807, 2.05) is 0 Å². The number of hydrogen-bond acceptors (Lipinski definition) is 2. The normalized spacial score (nSPS) is 12.8. The highest BCUT2D eigenvalue weighted by atomic mass is 19.2. The van der Waals surface area contributed by atoms with Crippen LogP contribution < -0.4 is 0 Å². The first-order valence-corrected chi connectivity index (χ1v) is 5.25. The summed E-state index contributed by atoms with van der Waals surface area (Å²) in [7, 11) is 1.74. The Hall–Kier alpha value is -1.49. The molecule has 0 heterocycles. The third-order valence-electron chi connectivity index (χ3n) is 2.44. The standard InChI is InChI=1S/C12H15F2NO2/c1-8(12(16)17)6-15(2)7-9-3-4-10(13)11(14)5-9/h3-5,8H,6-7H2,1-2H3,(H,16,17). The summed E-state index contributed by atoms with van der Waals surface area (Å²) in [6, 6.07) is 3.68. The van der Waals surface area contributed by atoms with Gasteiger partial charge in [-0.1, -0.05) is 13.0 Å². The van der Waals surface area contributed by atoms with Gasteiger partial charge in [0.25, 0.3) is 0 Å². The molecule has 0 saturated carbocycles. The van der Waals surface area contributed by atoms with Crippen LogP contribution in [0.15, 0.2) is 18.2 Å². The van der Waals surface area contributed by atoms with E-state index in [2.05, 4.69) is 0 Å². The first kappa shape index (κ1) is 13.6. The fourth-order valence-corrected chi connectivity index (χ4v) is 1.56. The molecular weight excluding hydrogens is 228 g/mol. The molecule has 3 nitrogen and oxygen atoms in total. The van der Waals surface area contributed by atoms with Crippen molar-refractivity contribution in [3.63, 3.8) is 0 Å². The summed E-state index contributed by atoms with van der Waals surface area (Å²) in [5.41, 5.74) is 0.615. The van der Waals surface area contributed by atoms with E-state index in [0.29, 0.717) is 18.7 Å². The summed E-state index contributed by atoms with van der Waals surface area (Å²) in [6.07, 6.45) is 0. The lowest BCUT2D eigenvalue weighted by molar-refractivity contribution is -0.141. The van der Waals surface area contributed by atoms with E-state index in [-0.39, 0.29) is 0 Å². The number of rotatable bonds is 5. The number of carbonyl (C=O) groups is 1. The van der Waals surface area contributed by atoms with Crippen molar-refractivity contribution in [2.75, 3.05) is 13.6 Å². The van der Waals surface area contributed by atoms with Crippen molar-refractivity contribution in [3.05, 3.63) is 35.4 Å². The van der Waals surface area contributed by atoms with E-state index in [1.165, 1.54) is 6.07 Å². The molecule has 94 valence electrons. The monoisotopic (exact) mass is 243 g/mol. The minimum atomic E-state index is -0.887. The Morgan fingerprint density at radius 3 is 2.59 bits per heavy atom. The van der Waals surface area contributed by atoms with Crippen LogP contribution in [0.3, 0.4) is 0 Å². The third kappa shape index (κ3) is 4.11. The Bertz CT molecular complexity index is 409. The number of carboxylic acid groups (broad SMARTS) is 1. The molecule has 0 aliphatic carbocycles. The van der Waals surface area contributed by atoms with Gasteiger partial charge in [0.05, 0.1) is 5.92 Å². The van der Waals surface area contributed by atoms with E-state index in [0.717, 1.165) is 12.1 Å². The molecule has 1 unspecified atom stereocenters. The summed E-state index contributed by atoms with van der Waals surface area (Å²) in [5, 5.41) is 8.74. The van der Waals surface area contributed by atoms with Crippen LogP contribution in [0.5, 0.6) is 0 Å². The number of nitrogens with zero attached hydrogens (tertiary/aromatic N) is 1. The molecule has 1 aromatic rings. The molecule has 0 radical (unpaired) electrons. The van der Waals surface area contributed by atoms with Gasteiger partial charge in [-0.2, -0.15) is 0 Å². The molecule has 1 rings (SSSR count). The molecule has 1 N–H and O–H groups in total. The average Bonchev–Trinajstić information content (AvgIpc) is 2.23. The highest BCUT2D eigenvalue weighted by Crippen LogP contribution is 2.11.